The average Bonchev–Trinajstić information content (AvgIpc) is 2.79. The summed E-state index contributed by atoms with van der Waals surface area (Å²) in [6.07, 6.45) is 7.70. The Morgan fingerprint density at radius 3 is 2.50 bits per heavy atom. The third-order valence-electron chi connectivity index (χ3n) is 6.46. The molecular weight excluding hydrogens is 379 g/mol. The van der Waals surface area contributed by atoms with Gasteiger partial charge >= 0.3 is 0 Å². The van der Waals surface area contributed by atoms with Crippen LogP contribution in [-0.4, -0.2) is 52.9 Å². The second-order valence-electron chi connectivity index (χ2n) is 8.53. The molecule has 6 heteroatoms. The highest BCUT2D eigenvalue weighted by Gasteiger charge is 2.30. The Balaban J connectivity index is 1.17. The Labute approximate surface area is 178 Å². The second-order valence-corrected chi connectivity index (χ2v) is 8.53. The number of aromatic nitrogens is 1. The summed E-state index contributed by atoms with van der Waals surface area (Å²) in [6.45, 7) is 5.47. The number of rotatable bonds is 6. The fourth-order valence-electron chi connectivity index (χ4n) is 4.70. The Bertz CT molecular complexity index is 815. The molecule has 2 aliphatic heterocycles. The van der Waals surface area contributed by atoms with Crippen LogP contribution >= 0.6 is 0 Å². The molecule has 0 saturated carbocycles. The fraction of sp³-hybridized carbons (Fsp3) is 0.500. The van der Waals surface area contributed by atoms with Gasteiger partial charge in [0.1, 0.15) is 5.82 Å². The van der Waals surface area contributed by atoms with E-state index in [0.717, 1.165) is 69.5 Å². The van der Waals surface area contributed by atoms with E-state index in [2.05, 4.69) is 20.1 Å². The van der Waals surface area contributed by atoms with Crippen molar-refractivity contribution in [2.75, 3.05) is 26.2 Å². The maximum Gasteiger partial charge on any atom is 0.223 e. The first-order valence-corrected chi connectivity index (χ1v) is 11.0. The highest BCUT2D eigenvalue weighted by atomic mass is 19.1. The number of carbonyl (C=O) groups excluding carboxylic acids is 1. The summed E-state index contributed by atoms with van der Waals surface area (Å²) >= 11 is 0. The minimum atomic E-state index is -0.158. The first kappa shape index (κ1) is 20.9. The summed E-state index contributed by atoms with van der Waals surface area (Å²) in [5.41, 5.74) is 2.08. The van der Waals surface area contributed by atoms with Crippen molar-refractivity contribution >= 4 is 5.91 Å². The molecular formula is C24H31FN4O. The van der Waals surface area contributed by atoms with Crippen molar-refractivity contribution in [2.24, 2.45) is 5.92 Å². The number of benzene rings is 1. The zero-order valence-corrected chi connectivity index (χ0v) is 17.5. The molecule has 2 fully saturated rings. The van der Waals surface area contributed by atoms with Crippen molar-refractivity contribution in [1.29, 1.82) is 0 Å². The van der Waals surface area contributed by atoms with Gasteiger partial charge in [-0.3, -0.25) is 14.7 Å². The Morgan fingerprint density at radius 2 is 1.80 bits per heavy atom. The largest absolute Gasteiger partial charge is 0.352 e. The molecule has 1 aromatic carbocycles. The van der Waals surface area contributed by atoms with Crippen molar-refractivity contribution in [2.45, 2.75) is 44.8 Å². The number of piperidine rings is 2. The van der Waals surface area contributed by atoms with Gasteiger partial charge in [-0.25, -0.2) is 4.39 Å². The van der Waals surface area contributed by atoms with Crippen LogP contribution in [0.3, 0.4) is 0 Å². The number of hydrogen-bond acceptors (Lipinski definition) is 4. The summed E-state index contributed by atoms with van der Waals surface area (Å²) in [5.74, 6) is 0.129. The predicted octanol–water partition coefficient (Wildman–Crippen LogP) is 3.21. The highest BCUT2D eigenvalue weighted by Crippen LogP contribution is 2.25. The third kappa shape index (κ3) is 5.64. The molecule has 30 heavy (non-hydrogen) atoms. The first-order chi connectivity index (χ1) is 14.7. The maximum atomic E-state index is 13.4. The molecule has 0 unspecified atom stereocenters. The molecule has 2 saturated heterocycles. The minimum absolute atomic E-state index is 0.117. The topological polar surface area (TPSA) is 48.5 Å². The molecule has 5 nitrogen and oxygen atoms in total. The number of likely N-dealkylation sites (tertiary alicyclic amines) is 2. The molecule has 1 aromatic heterocycles. The van der Waals surface area contributed by atoms with Crippen LogP contribution in [0.15, 0.2) is 48.8 Å². The van der Waals surface area contributed by atoms with Crippen molar-refractivity contribution in [3.63, 3.8) is 0 Å². The van der Waals surface area contributed by atoms with Gasteiger partial charge in [0.2, 0.25) is 5.91 Å². The van der Waals surface area contributed by atoms with Crippen LogP contribution < -0.4 is 5.32 Å². The monoisotopic (exact) mass is 410 g/mol. The Morgan fingerprint density at radius 1 is 1.03 bits per heavy atom. The van der Waals surface area contributed by atoms with Crippen molar-refractivity contribution in [3.05, 3.63) is 65.7 Å². The van der Waals surface area contributed by atoms with Gasteiger partial charge < -0.3 is 10.2 Å². The zero-order valence-electron chi connectivity index (χ0n) is 17.5. The van der Waals surface area contributed by atoms with Crippen LogP contribution in [-0.2, 0) is 17.9 Å². The lowest BCUT2D eigenvalue weighted by atomic mass is 9.92. The molecule has 0 atom stereocenters. The summed E-state index contributed by atoms with van der Waals surface area (Å²) in [5, 5.41) is 3.07. The summed E-state index contributed by atoms with van der Waals surface area (Å²) in [4.78, 5) is 21.6. The normalized spacial score (nSPS) is 19.6. The van der Waals surface area contributed by atoms with E-state index < -0.39 is 0 Å². The van der Waals surface area contributed by atoms with Gasteiger partial charge in [-0.2, -0.15) is 0 Å². The fourth-order valence-corrected chi connectivity index (χ4v) is 4.70. The van der Waals surface area contributed by atoms with Crippen LogP contribution in [0.5, 0.6) is 0 Å². The molecule has 2 aliphatic rings. The number of amides is 1. The molecule has 1 amide bonds. The number of nitrogens with one attached hydrogen (secondary N) is 1. The molecule has 4 rings (SSSR count). The quantitative estimate of drug-likeness (QED) is 0.795. The van der Waals surface area contributed by atoms with E-state index in [1.165, 1.54) is 6.07 Å². The number of pyridine rings is 1. The number of hydrogen-bond donors (Lipinski definition) is 1. The van der Waals surface area contributed by atoms with E-state index in [-0.39, 0.29) is 17.6 Å². The first-order valence-electron chi connectivity index (χ1n) is 11.0. The van der Waals surface area contributed by atoms with E-state index in [4.69, 9.17) is 0 Å². The molecule has 2 aromatic rings. The van der Waals surface area contributed by atoms with E-state index in [1.54, 1.807) is 24.5 Å². The maximum absolute atomic E-state index is 13.4. The van der Waals surface area contributed by atoms with Gasteiger partial charge in [0.15, 0.2) is 0 Å². The predicted molar refractivity (Wildman–Crippen MR) is 115 cm³/mol. The van der Waals surface area contributed by atoms with Crippen LogP contribution in [0.2, 0.25) is 0 Å². The lowest BCUT2D eigenvalue weighted by molar-refractivity contribution is -0.126. The Kier molecular flexibility index (Phi) is 7.07. The summed E-state index contributed by atoms with van der Waals surface area (Å²) < 4.78 is 13.4. The van der Waals surface area contributed by atoms with Gasteiger partial charge in [-0.1, -0.05) is 18.2 Å². The van der Waals surface area contributed by atoms with Crippen molar-refractivity contribution in [1.82, 2.24) is 20.1 Å². The van der Waals surface area contributed by atoms with E-state index in [1.807, 2.05) is 18.2 Å². The molecule has 1 N–H and O–H groups in total. The van der Waals surface area contributed by atoms with Gasteiger partial charge in [-0.15, -0.1) is 0 Å². The van der Waals surface area contributed by atoms with E-state index in [9.17, 15) is 9.18 Å². The lowest BCUT2D eigenvalue weighted by Crippen LogP contribution is -2.49. The second kappa shape index (κ2) is 10.1. The summed E-state index contributed by atoms with van der Waals surface area (Å²) in [7, 11) is 0. The Hall–Kier alpha value is -2.31. The van der Waals surface area contributed by atoms with Gasteiger partial charge in [-0.05, 0) is 81.2 Å². The lowest BCUT2D eigenvalue weighted by Gasteiger charge is -2.41. The smallest absolute Gasteiger partial charge is 0.223 e. The third-order valence-corrected chi connectivity index (χ3v) is 6.46. The van der Waals surface area contributed by atoms with E-state index in [0.29, 0.717) is 12.6 Å². The molecule has 0 aliphatic carbocycles. The van der Waals surface area contributed by atoms with Gasteiger partial charge in [0.05, 0.1) is 0 Å². The average molecular weight is 411 g/mol. The highest BCUT2D eigenvalue weighted by molar-refractivity contribution is 5.78. The molecule has 0 spiro atoms. The number of nitrogens with zero attached hydrogens (tertiary/aromatic N) is 3. The zero-order chi connectivity index (χ0) is 20.8. The number of carbonyl (C=O) groups is 1. The standard InChI is InChI=1S/C24H31FN4O/c25-22-5-1-3-19(15-22)18-28-11-8-23(9-12-28)29-13-6-21(7-14-29)24(30)27-17-20-4-2-10-26-16-20/h1-5,10,15-16,21,23H,6-9,11-14,17-18H2,(H,27,30). The van der Waals surface area contributed by atoms with Crippen LogP contribution in [0.25, 0.3) is 0 Å². The molecule has 0 bridgehead atoms. The van der Waals surface area contributed by atoms with Gasteiger partial charge in [0.25, 0.3) is 0 Å². The van der Waals surface area contributed by atoms with E-state index >= 15 is 0 Å². The minimum Gasteiger partial charge on any atom is -0.352 e. The molecule has 160 valence electrons. The van der Waals surface area contributed by atoms with Crippen molar-refractivity contribution in [3.8, 4) is 0 Å². The van der Waals surface area contributed by atoms with Gasteiger partial charge in [0, 0.05) is 37.4 Å². The number of halogens is 1. The SMILES string of the molecule is O=C(NCc1cccnc1)C1CCN(C2CCN(Cc3cccc(F)c3)CC2)CC1. The van der Waals surface area contributed by atoms with Crippen molar-refractivity contribution < 1.29 is 9.18 Å². The molecule has 3 heterocycles. The summed E-state index contributed by atoms with van der Waals surface area (Å²) in [6, 6.07) is 11.4. The van der Waals surface area contributed by atoms with Crippen LogP contribution in [0.1, 0.15) is 36.8 Å². The van der Waals surface area contributed by atoms with Crippen LogP contribution in [0, 0.1) is 11.7 Å². The molecule has 0 radical (unpaired) electrons. The van der Waals surface area contributed by atoms with Crippen LogP contribution in [0.4, 0.5) is 4.39 Å².